The van der Waals surface area contributed by atoms with E-state index in [1.807, 2.05) is 30.3 Å². The van der Waals surface area contributed by atoms with Crippen molar-refractivity contribution in [2.45, 2.75) is 13.0 Å². The number of hydrogen-bond acceptors (Lipinski definition) is 9. The molecular weight excluding hydrogens is 570 g/mol. The van der Waals surface area contributed by atoms with E-state index in [0.29, 0.717) is 52.1 Å². The Labute approximate surface area is 258 Å². The Morgan fingerprint density at radius 3 is 2.36 bits per heavy atom. The Balaban J connectivity index is 1.25. The van der Waals surface area contributed by atoms with Gasteiger partial charge < -0.3 is 24.1 Å². The van der Waals surface area contributed by atoms with Gasteiger partial charge in [-0.1, -0.05) is 30.3 Å². The third-order valence-electron chi connectivity index (χ3n) is 7.17. The molecule has 6 aromatic rings. The third kappa shape index (κ3) is 6.50. The Hall–Kier alpha value is -6.03. The molecule has 0 amide bonds. The summed E-state index contributed by atoms with van der Waals surface area (Å²) in [6.45, 7) is 0.335. The summed E-state index contributed by atoms with van der Waals surface area (Å²) in [5.74, 6) is 1.78. The van der Waals surface area contributed by atoms with Gasteiger partial charge >= 0.3 is 0 Å². The number of ketones is 1. The van der Waals surface area contributed by atoms with Gasteiger partial charge in [0.15, 0.2) is 17.3 Å². The molecule has 6 rings (SSSR count). The van der Waals surface area contributed by atoms with Crippen molar-refractivity contribution in [1.82, 2.24) is 19.5 Å². The first-order valence-electron chi connectivity index (χ1n) is 14.1. The first kappa shape index (κ1) is 29.1. The minimum Gasteiger partial charge on any atom is -0.493 e. The second-order valence-electron chi connectivity index (χ2n) is 10.1. The molecule has 2 aromatic carbocycles. The summed E-state index contributed by atoms with van der Waals surface area (Å²) in [4.78, 5) is 40.3. The highest BCUT2D eigenvalue weighted by Gasteiger charge is 2.20. The predicted octanol–water partition coefficient (Wildman–Crippen LogP) is 6.21. The maximum atomic E-state index is 13.7. The van der Waals surface area contributed by atoms with Crippen LogP contribution in [0.3, 0.4) is 0 Å². The number of nitrogens with one attached hydrogen (secondary N) is 1. The van der Waals surface area contributed by atoms with Crippen molar-refractivity contribution in [3.8, 4) is 23.0 Å². The molecule has 0 saturated heterocycles. The van der Waals surface area contributed by atoms with Crippen molar-refractivity contribution in [2.75, 3.05) is 19.5 Å². The molecular formula is C35H29N5O5. The number of carbonyl (C=O) groups is 1. The van der Waals surface area contributed by atoms with Crippen LogP contribution >= 0.6 is 0 Å². The molecule has 0 spiro atoms. The van der Waals surface area contributed by atoms with E-state index >= 15 is 0 Å². The number of carbonyl (C=O) groups excluding carboxylic acids is 1. The normalized spacial score (nSPS) is 10.8. The van der Waals surface area contributed by atoms with Gasteiger partial charge in [-0.25, -0.2) is 0 Å². The SMILES string of the molecule is COc1cc2nccc(Oc3ccc(CC(=O)c4c(Nc5ccncc5)ccn(Cc5ccccc5)c4=O)nc3)c2cc1OC. The lowest BCUT2D eigenvalue weighted by Gasteiger charge is -2.14. The van der Waals surface area contributed by atoms with Crippen LogP contribution in [0.15, 0.2) is 115 Å². The standard InChI is InChI=1S/C35H29N5O5/c1-43-32-19-27-29(20-33(32)44-2)37-16-12-31(27)45-26-9-8-25(38-21-26)18-30(41)34-28(39-24-10-14-36-15-11-24)13-17-40(35(34)42)22-23-6-4-3-5-7-23/h3-17,19-21H,18,22H2,1-2H3,(H,36,39). The van der Waals surface area contributed by atoms with Gasteiger partial charge in [-0.2, -0.15) is 0 Å². The number of benzene rings is 2. The van der Waals surface area contributed by atoms with Crippen LogP contribution < -0.4 is 25.1 Å². The predicted molar refractivity (Wildman–Crippen MR) is 171 cm³/mol. The van der Waals surface area contributed by atoms with E-state index in [9.17, 15) is 9.59 Å². The molecule has 224 valence electrons. The third-order valence-corrected chi connectivity index (χ3v) is 7.17. The van der Waals surface area contributed by atoms with E-state index in [1.165, 1.54) is 4.57 Å². The van der Waals surface area contributed by atoms with Gasteiger partial charge in [0.2, 0.25) is 0 Å². The molecule has 0 atom stereocenters. The summed E-state index contributed by atoms with van der Waals surface area (Å²) in [6.07, 6.45) is 8.07. The Morgan fingerprint density at radius 1 is 0.844 bits per heavy atom. The van der Waals surface area contributed by atoms with Gasteiger partial charge in [0.1, 0.15) is 17.1 Å². The topological polar surface area (TPSA) is 117 Å². The zero-order valence-corrected chi connectivity index (χ0v) is 24.6. The van der Waals surface area contributed by atoms with Crippen molar-refractivity contribution in [3.63, 3.8) is 0 Å². The van der Waals surface area contributed by atoms with Crippen molar-refractivity contribution in [2.24, 2.45) is 0 Å². The Kier molecular flexibility index (Phi) is 8.45. The lowest BCUT2D eigenvalue weighted by atomic mass is 10.1. The van der Waals surface area contributed by atoms with Crippen LogP contribution in [0.25, 0.3) is 10.9 Å². The number of rotatable bonds is 11. The van der Waals surface area contributed by atoms with E-state index in [0.717, 1.165) is 10.9 Å². The number of pyridine rings is 4. The smallest absolute Gasteiger partial charge is 0.263 e. The van der Waals surface area contributed by atoms with Gasteiger partial charge in [-0.3, -0.25) is 24.5 Å². The second-order valence-corrected chi connectivity index (χ2v) is 10.1. The quantitative estimate of drug-likeness (QED) is 0.173. The van der Waals surface area contributed by atoms with Gasteiger partial charge in [-0.05, 0) is 48.0 Å². The monoisotopic (exact) mass is 599 g/mol. The maximum absolute atomic E-state index is 13.7. The van der Waals surface area contributed by atoms with Crippen molar-refractivity contribution >= 4 is 28.1 Å². The molecule has 4 heterocycles. The number of methoxy groups -OCH3 is 2. The second kappa shape index (κ2) is 13.1. The van der Waals surface area contributed by atoms with Crippen LogP contribution in [0, 0.1) is 0 Å². The molecule has 0 bridgehead atoms. The number of fused-ring (bicyclic) bond motifs is 1. The first-order valence-corrected chi connectivity index (χ1v) is 14.1. The number of aromatic nitrogens is 4. The fourth-order valence-corrected chi connectivity index (χ4v) is 4.94. The molecule has 0 aliphatic rings. The van der Waals surface area contributed by atoms with Gasteiger partial charge in [0.25, 0.3) is 5.56 Å². The molecule has 0 aliphatic heterocycles. The number of hydrogen-bond donors (Lipinski definition) is 1. The number of ether oxygens (including phenoxy) is 3. The average Bonchev–Trinajstić information content (AvgIpc) is 3.07. The maximum Gasteiger partial charge on any atom is 0.263 e. The lowest BCUT2D eigenvalue weighted by molar-refractivity contribution is 0.0990. The molecule has 0 fully saturated rings. The van der Waals surface area contributed by atoms with Gasteiger partial charge in [0.05, 0.1) is 44.6 Å². The summed E-state index contributed by atoms with van der Waals surface area (Å²) in [5.41, 5.74) is 2.91. The average molecular weight is 600 g/mol. The Bertz CT molecular complexity index is 2010. The van der Waals surface area contributed by atoms with Crippen molar-refractivity contribution in [3.05, 3.63) is 137 Å². The van der Waals surface area contributed by atoms with E-state index in [4.69, 9.17) is 14.2 Å². The minimum absolute atomic E-state index is 0.0556. The largest absolute Gasteiger partial charge is 0.493 e. The van der Waals surface area contributed by atoms with Crippen LogP contribution in [0.4, 0.5) is 11.4 Å². The van der Waals surface area contributed by atoms with Crippen LogP contribution in [0.5, 0.6) is 23.0 Å². The summed E-state index contributed by atoms with van der Waals surface area (Å²) < 4.78 is 18.5. The van der Waals surface area contributed by atoms with Gasteiger partial charge in [-0.15, -0.1) is 0 Å². The number of Topliss-reactive ketones (excluding diaryl/α,β-unsaturated/α-hetero) is 1. The zero-order valence-electron chi connectivity index (χ0n) is 24.6. The number of nitrogens with zero attached hydrogens (tertiary/aromatic N) is 4. The van der Waals surface area contributed by atoms with Crippen LogP contribution in [-0.4, -0.2) is 39.5 Å². The molecule has 0 unspecified atom stereocenters. The highest BCUT2D eigenvalue weighted by Crippen LogP contribution is 2.36. The summed E-state index contributed by atoms with van der Waals surface area (Å²) in [7, 11) is 3.13. The summed E-state index contributed by atoms with van der Waals surface area (Å²) in [5, 5.41) is 3.94. The fraction of sp³-hybridized carbons (Fsp3) is 0.114. The summed E-state index contributed by atoms with van der Waals surface area (Å²) >= 11 is 0. The summed E-state index contributed by atoms with van der Waals surface area (Å²) in [6, 6.07) is 23.7. The van der Waals surface area contributed by atoms with Crippen molar-refractivity contribution in [1.29, 1.82) is 0 Å². The minimum atomic E-state index is -0.389. The molecule has 0 aliphatic carbocycles. The number of anilines is 2. The van der Waals surface area contributed by atoms with E-state index in [1.54, 1.807) is 93.7 Å². The van der Waals surface area contributed by atoms with Crippen LogP contribution in [-0.2, 0) is 13.0 Å². The highest BCUT2D eigenvalue weighted by atomic mass is 16.5. The molecule has 10 heteroatoms. The van der Waals surface area contributed by atoms with E-state index in [2.05, 4.69) is 20.3 Å². The molecule has 1 N–H and O–H groups in total. The molecule has 4 aromatic heterocycles. The lowest BCUT2D eigenvalue weighted by Crippen LogP contribution is -2.28. The fourth-order valence-electron chi connectivity index (χ4n) is 4.94. The van der Waals surface area contributed by atoms with Crippen molar-refractivity contribution < 1.29 is 19.0 Å². The molecule has 0 saturated carbocycles. The van der Waals surface area contributed by atoms with Crippen LogP contribution in [0.2, 0.25) is 0 Å². The van der Waals surface area contributed by atoms with Gasteiger partial charge in [0, 0.05) is 47.6 Å². The van der Waals surface area contributed by atoms with Crippen LogP contribution in [0.1, 0.15) is 21.6 Å². The van der Waals surface area contributed by atoms with E-state index in [-0.39, 0.29) is 23.3 Å². The molecule has 0 radical (unpaired) electrons. The van der Waals surface area contributed by atoms with E-state index < -0.39 is 0 Å². The molecule has 10 nitrogen and oxygen atoms in total. The zero-order chi connectivity index (χ0) is 31.2. The first-order chi connectivity index (χ1) is 22.0. The Morgan fingerprint density at radius 2 is 1.62 bits per heavy atom. The molecule has 45 heavy (non-hydrogen) atoms. The highest BCUT2D eigenvalue weighted by molar-refractivity contribution is 6.02.